The molecule has 8 heteroatoms. The number of hydrogen-bond donors (Lipinski definition) is 1. The number of nitrogens with two attached hydrogens (primary N) is 1. The summed E-state index contributed by atoms with van der Waals surface area (Å²) in [7, 11) is 3.85. The van der Waals surface area contributed by atoms with Crippen molar-refractivity contribution in [2.24, 2.45) is 14.1 Å². The van der Waals surface area contributed by atoms with E-state index in [0.717, 1.165) is 35.5 Å². The van der Waals surface area contributed by atoms with Crippen LogP contribution in [-0.2, 0) is 33.5 Å². The first-order chi connectivity index (χ1) is 9.61. The Hall–Kier alpha value is -2.38. The van der Waals surface area contributed by atoms with E-state index in [1.807, 2.05) is 27.9 Å². The Morgan fingerprint density at radius 2 is 2.10 bits per heavy atom. The number of fused-ring (bicyclic) bond motifs is 1. The van der Waals surface area contributed by atoms with Crippen molar-refractivity contribution < 1.29 is 0 Å². The number of aromatic nitrogens is 7. The van der Waals surface area contributed by atoms with Crippen LogP contribution < -0.4 is 5.73 Å². The first kappa shape index (κ1) is 12.6. The second kappa shape index (κ2) is 4.62. The van der Waals surface area contributed by atoms with E-state index in [4.69, 9.17) is 5.73 Å². The highest BCUT2D eigenvalue weighted by atomic mass is 15.3. The molecule has 20 heavy (non-hydrogen) atoms. The van der Waals surface area contributed by atoms with E-state index in [1.54, 1.807) is 6.33 Å². The maximum Gasteiger partial charge on any atom is 0.202 e. The molecule has 3 heterocycles. The number of imidazole rings is 1. The Kier molecular flexibility index (Phi) is 2.92. The molecule has 106 valence electrons. The summed E-state index contributed by atoms with van der Waals surface area (Å²) in [6, 6.07) is 0. The molecule has 0 radical (unpaired) electrons. The summed E-state index contributed by atoms with van der Waals surface area (Å²) in [6.07, 6.45) is 3.29. The summed E-state index contributed by atoms with van der Waals surface area (Å²) in [5, 5.41) is 12.4. The number of aryl methyl sites for hydroxylation is 5. The van der Waals surface area contributed by atoms with Gasteiger partial charge in [-0.15, -0.1) is 10.2 Å². The lowest BCUT2D eigenvalue weighted by atomic mass is 10.3. The molecule has 0 aliphatic carbocycles. The van der Waals surface area contributed by atoms with Gasteiger partial charge in [-0.1, -0.05) is 6.92 Å². The van der Waals surface area contributed by atoms with E-state index in [0.29, 0.717) is 12.5 Å². The van der Waals surface area contributed by atoms with Crippen molar-refractivity contribution in [3.05, 3.63) is 17.8 Å². The SMILES string of the molecule is CCc1nn(C)c2c1nc(N)n2CCc1nncn1C. The smallest absolute Gasteiger partial charge is 0.202 e. The molecule has 8 nitrogen and oxygen atoms in total. The van der Waals surface area contributed by atoms with Gasteiger partial charge in [0.05, 0.1) is 5.69 Å². The van der Waals surface area contributed by atoms with E-state index in [-0.39, 0.29) is 0 Å². The van der Waals surface area contributed by atoms with Gasteiger partial charge in [0.15, 0.2) is 5.65 Å². The lowest BCUT2D eigenvalue weighted by molar-refractivity contribution is 0.644. The van der Waals surface area contributed by atoms with Crippen LogP contribution in [0.3, 0.4) is 0 Å². The number of nitrogen functional groups attached to an aromatic ring is 1. The number of hydrogen-bond acceptors (Lipinski definition) is 5. The van der Waals surface area contributed by atoms with Gasteiger partial charge in [0.25, 0.3) is 0 Å². The molecule has 0 amide bonds. The highest BCUT2D eigenvalue weighted by Gasteiger charge is 2.17. The third-order valence-electron chi connectivity index (χ3n) is 3.52. The monoisotopic (exact) mass is 274 g/mol. The van der Waals surface area contributed by atoms with Gasteiger partial charge in [-0.3, -0.25) is 9.25 Å². The van der Waals surface area contributed by atoms with Gasteiger partial charge in [-0.25, -0.2) is 4.98 Å². The third kappa shape index (κ3) is 1.84. The number of anilines is 1. The van der Waals surface area contributed by atoms with Crippen molar-refractivity contribution in [2.75, 3.05) is 5.73 Å². The molecule has 0 aliphatic rings. The molecule has 3 rings (SSSR count). The Morgan fingerprint density at radius 3 is 2.75 bits per heavy atom. The third-order valence-corrected chi connectivity index (χ3v) is 3.52. The fraction of sp³-hybridized carbons (Fsp3) is 0.500. The van der Waals surface area contributed by atoms with Crippen molar-refractivity contribution in [1.82, 2.24) is 34.1 Å². The topological polar surface area (TPSA) is 92.4 Å². The zero-order valence-corrected chi connectivity index (χ0v) is 11.9. The van der Waals surface area contributed by atoms with Crippen molar-refractivity contribution in [3.8, 4) is 0 Å². The normalized spacial score (nSPS) is 11.6. The minimum atomic E-state index is 0.518. The largest absolute Gasteiger partial charge is 0.369 e. The highest BCUT2D eigenvalue weighted by Crippen LogP contribution is 2.21. The summed E-state index contributed by atoms with van der Waals surface area (Å²) >= 11 is 0. The molecule has 0 unspecified atom stereocenters. The minimum Gasteiger partial charge on any atom is -0.369 e. The standard InChI is InChI=1S/C12H18N8/c1-4-8-10-11(19(3)17-8)20(12(13)15-10)6-5-9-16-14-7-18(9)2/h7H,4-6H2,1-3H3,(H2,13,15). The Labute approximate surface area is 116 Å². The summed E-state index contributed by atoms with van der Waals surface area (Å²) < 4.78 is 5.73. The minimum absolute atomic E-state index is 0.518. The predicted octanol–water partition coefficient (Wildman–Crippen LogP) is 0.286. The fourth-order valence-corrected chi connectivity index (χ4v) is 2.46. The van der Waals surface area contributed by atoms with E-state index in [1.165, 1.54) is 0 Å². The first-order valence-electron chi connectivity index (χ1n) is 6.62. The zero-order valence-electron chi connectivity index (χ0n) is 11.9. The summed E-state index contributed by atoms with van der Waals surface area (Å²) in [6.45, 7) is 2.77. The van der Waals surface area contributed by atoms with Gasteiger partial charge < -0.3 is 10.3 Å². The molecule has 0 saturated carbocycles. The van der Waals surface area contributed by atoms with Crippen LogP contribution in [0.5, 0.6) is 0 Å². The van der Waals surface area contributed by atoms with Crippen LogP contribution in [0.25, 0.3) is 11.2 Å². The maximum absolute atomic E-state index is 6.04. The van der Waals surface area contributed by atoms with Gasteiger partial charge in [0.2, 0.25) is 5.95 Å². The van der Waals surface area contributed by atoms with Crippen molar-refractivity contribution in [2.45, 2.75) is 26.3 Å². The summed E-state index contributed by atoms with van der Waals surface area (Å²) in [5.74, 6) is 1.44. The fourth-order valence-electron chi connectivity index (χ4n) is 2.46. The van der Waals surface area contributed by atoms with Crippen molar-refractivity contribution in [3.63, 3.8) is 0 Å². The summed E-state index contributed by atoms with van der Waals surface area (Å²) in [5.41, 5.74) is 8.87. The van der Waals surface area contributed by atoms with E-state index < -0.39 is 0 Å². The quantitative estimate of drug-likeness (QED) is 0.738. The zero-order chi connectivity index (χ0) is 14.3. The Morgan fingerprint density at radius 1 is 1.30 bits per heavy atom. The molecule has 0 bridgehead atoms. The first-order valence-corrected chi connectivity index (χ1v) is 6.62. The maximum atomic E-state index is 6.04. The second-order valence-corrected chi connectivity index (χ2v) is 4.83. The Bertz CT molecular complexity index is 747. The van der Waals surface area contributed by atoms with E-state index >= 15 is 0 Å². The molecule has 2 N–H and O–H groups in total. The predicted molar refractivity (Wildman–Crippen MR) is 75.0 cm³/mol. The lowest BCUT2D eigenvalue weighted by Gasteiger charge is -2.06. The van der Waals surface area contributed by atoms with Crippen LogP contribution in [0.4, 0.5) is 5.95 Å². The average Bonchev–Trinajstić information content (AvgIpc) is 3.05. The van der Waals surface area contributed by atoms with Crippen molar-refractivity contribution in [1.29, 1.82) is 0 Å². The molecule has 3 aromatic rings. The molecule has 0 saturated heterocycles. The Balaban J connectivity index is 1.97. The molecule has 0 spiro atoms. The molecular formula is C12H18N8. The molecule has 0 aliphatic heterocycles. The molecular weight excluding hydrogens is 256 g/mol. The number of rotatable bonds is 4. The van der Waals surface area contributed by atoms with Gasteiger partial charge in [-0.2, -0.15) is 5.10 Å². The second-order valence-electron chi connectivity index (χ2n) is 4.83. The highest BCUT2D eigenvalue weighted by molar-refractivity contribution is 5.77. The van der Waals surface area contributed by atoms with Crippen LogP contribution in [0.15, 0.2) is 6.33 Å². The van der Waals surface area contributed by atoms with Crippen LogP contribution in [0.2, 0.25) is 0 Å². The molecule has 0 aromatic carbocycles. The van der Waals surface area contributed by atoms with Gasteiger partial charge >= 0.3 is 0 Å². The van der Waals surface area contributed by atoms with E-state index in [2.05, 4.69) is 27.2 Å². The summed E-state index contributed by atoms with van der Waals surface area (Å²) in [4.78, 5) is 4.44. The van der Waals surface area contributed by atoms with Crippen LogP contribution in [0, 0.1) is 0 Å². The number of nitrogens with zero attached hydrogens (tertiary/aromatic N) is 7. The van der Waals surface area contributed by atoms with Crippen LogP contribution in [0.1, 0.15) is 18.4 Å². The average molecular weight is 274 g/mol. The molecule has 0 atom stereocenters. The van der Waals surface area contributed by atoms with Crippen molar-refractivity contribution >= 4 is 17.1 Å². The molecule has 0 fully saturated rings. The van der Waals surface area contributed by atoms with Gasteiger partial charge in [0, 0.05) is 27.1 Å². The van der Waals surface area contributed by atoms with Gasteiger partial charge in [0.1, 0.15) is 17.7 Å². The molecule has 3 aromatic heterocycles. The van der Waals surface area contributed by atoms with Crippen LogP contribution in [-0.4, -0.2) is 34.1 Å². The van der Waals surface area contributed by atoms with Gasteiger partial charge in [-0.05, 0) is 6.42 Å². The van der Waals surface area contributed by atoms with E-state index in [9.17, 15) is 0 Å². The lowest BCUT2D eigenvalue weighted by Crippen LogP contribution is -2.10. The van der Waals surface area contributed by atoms with Crippen LogP contribution >= 0.6 is 0 Å².